The van der Waals surface area contributed by atoms with Crippen LogP contribution in [0.1, 0.15) is 38.5 Å². The molecule has 1 aromatic heterocycles. The number of amides is 2. The van der Waals surface area contributed by atoms with Gasteiger partial charge in [-0.1, -0.05) is 0 Å². The second-order valence-electron chi connectivity index (χ2n) is 7.03. The van der Waals surface area contributed by atoms with E-state index >= 15 is 0 Å². The fourth-order valence-corrected chi connectivity index (χ4v) is 3.64. The van der Waals surface area contributed by atoms with E-state index in [4.69, 9.17) is 0 Å². The Morgan fingerprint density at radius 3 is 1.92 bits per heavy atom. The molecule has 2 fully saturated rings. The molecule has 0 aromatic carbocycles. The van der Waals surface area contributed by atoms with Crippen molar-refractivity contribution in [3.63, 3.8) is 0 Å². The summed E-state index contributed by atoms with van der Waals surface area (Å²) in [6.07, 6.45) is 10.6. The van der Waals surface area contributed by atoms with Crippen molar-refractivity contribution >= 4 is 17.5 Å². The zero-order valence-electron chi connectivity index (χ0n) is 15.5. The second-order valence-corrected chi connectivity index (χ2v) is 7.03. The maximum absolute atomic E-state index is 12.4. The van der Waals surface area contributed by atoms with Crippen LogP contribution >= 0.6 is 0 Å². The maximum atomic E-state index is 12.4. The van der Waals surface area contributed by atoms with Gasteiger partial charge in [0.15, 0.2) is 0 Å². The molecule has 2 aliphatic rings. The van der Waals surface area contributed by atoms with Gasteiger partial charge in [0.05, 0.1) is 0 Å². The van der Waals surface area contributed by atoms with Crippen LogP contribution in [-0.2, 0) is 9.59 Å². The highest BCUT2D eigenvalue weighted by Gasteiger charge is 2.21. The molecule has 1 radical (unpaired) electrons. The van der Waals surface area contributed by atoms with Crippen molar-refractivity contribution in [3.05, 3.63) is 30.9 Å². The van der Waals surface area contributed by atoms with E-state index in [0.29, 0.717) is 12.8 Å². The fraction of sp³-hybridized carbons (Fsp3) is 0.600. The summed E-state index contributed by atoms with van der Waals surface area (Å²) in [5, 5.41) is 0. The van der Waals surface area contributed by atoms with Crippen LogP contribution in [0.2, 0.25) is 0 Å². The molecular weight excluding hydrogens is 328 g/mol. The van der Waals surface area contributed by atoms with Crippen LogP contribution in [0.25, 0.3) is 0 Å². The van der Waals surface area contributed by atoms with Crippen LogP contribution in [0, 0.1) is 6.42 Å². The Balaban J connectivity index is 1.31. The molecule has 6 nitrogen and oxygen atoms in total. The van der Waals surface area contributed by atoms with Gasteiger partial charge in [-0.15, -0.1) is 0 Å². The van der Waals surface area contributed by atoms with Crippen LogP contribution in [0.3, 0.4) is 0 Å². The molecule has 0 unspecified atom stereocenters. The quantitative estimate of drug-likeness (QED) is 0.732. The lowest BCUT2D eigenvalue weighted by Gasteiger charge is -2.36. The SMILES string of the molecule is O=C(CCCCC(=O)N1CCN(c2ccncc2)CC1)N1CC[CH]CC1. The third-order valence-corrected chi connectivity index (χ3v) is 5.25. The molecule has 0 aliphatic carbocycles. The number of carbonyl (C=O) groups is 2. The number of aromatic nitrogens is 1. The van der Waals surface area contributed by atoms with Gasteiger partial charge in [0, 0.05) is 70.2 Å². The Hall–Kier alpha value is -2.11. The van der Waals surface area contributed by atoms with Gasteiger partial charge < -0.3 is 14.7 Å². The average molecular weight is 357 g/mol. The van der Waals surface area contributed by atoms with E-state index in [-0.39, 0.29) is 11.8 Å². The molecule has 6 heteroatoms. The first-order valence-corrected chi connectivity index (χ1v) is 9.76. The van der Waals surface area contributed by atoms with Gasteiger partial charge in [0.2, 0.25) is 11.8 Å². The average Bonchev–Trinajstić information content (AvgIpc) is 2.72. The minimum Gasteiger partial charge on any atom is -0.368 e. The molecule has 0 N–H and O–H groups in total. The molecule has 0 spiro atoms. The minimum atomic E-state index is 0.222. The summed E-state index contributed by atoms with van der Waals surface area (Å²) in [6, 6.07) is 4.02. The van der Waals surface area contributed by atoms with E-state index in [1.807, 2.05) is 21.9 Å². The van der Waals surface area contributed by atoms with Crippen molar-refractivity contribution in [2.75, 3.05) is 44.2 Å². The fourth-order valence-electron chi connectivity index (χ4n) is 3.64. The number of nitrogens with zero attached hydrogens (tertiary/aromatic N) is 4. The lowest BCUT2D eigenvalue weighted by molar-refractivity contribution is -0.133. The van der Waals surface area contributed by atoms with Gasteiger partial charge in [-0.2, -0.15) is 0 Å². The zero-order valence-corrected chi connectivity index (χ0v) is 15.5. The Morgan fingerprint density at radius 1 is 0.808 bits per heavy atom. The number of likely N-dealkylation sites (tertiary alicyclic amines) is 1. The lowest BCUT2D eigenvalue weighted by atomic mass is 10.1. The molecule has 0 bridgehead atoms. The standard InChI is InChI=1S/C20H29N4O2/c25-19(23-12-4-1-5-13-23)6-2-3-7-20(26)24-16-14-22(15-17-24)18-8-10-21-11-9-18/h1,8-11H,2-7,12-17H2. The van der Waals surface area contributed by atoms with E-state index < -0.39 is 0 Å². The molecule has 0 saturated carbocycles. The van der Waals surface area contributed by atoms with Crippen LogP contribution in [-0.4, -0.2) is 65.9 Å². The molecule has 3 rings (SSSR count). The summed E-state index contributed by atoms with van der Waals surface area (Å²) in [6.45, 7) is 4.98. The smallest absolute Gasteiger partial charge is 0.222 e. The summed E-state index contributed by atoms with van der Waals surface area (Å²) in [5.41, 5.74) is 1.17. The Morgan fingerprint density at radius 2 is 1.35 bits per heavy atom. The van der Waals surface area contributed by atoms with Gasteiger partial charge in [-0.3, -0.25) is 14.6 Å². The van der Waals surface area contributed by atoms with E-state index in [9.17, 15) is 9.59 Å². The zero-order chi connectivity index (χ0) is 18.2. The number of unbranched alkanes of at least 4 members (excludes halogenated alkanes) is 1. The number of carbonyl (C=O) groups excluding carboxylic acids is 2. The van der Waals surface area contributed by atoms with Gasteiger partial charge in [0.1, 0.15) is 0 Å². The Kier molecular flexibility index (Phi) is 6.86. The summed E-state index contributed by atoms with van der Waals surface area (Å²) in [5.74, 6) is 0.468. The van der Waals surface area contributed by atoms with E-state index in [2.05, 4.69) is 16.3 Å². The number of piperidine rings is 1. The predicted octanol–water partition coefficient (Wildman–Crippen LogP) is 2.12. The van der Waals surface area contributed by atoms with Crippen LogP contribution in [0.5, 0.6) is 0 Å². The number of rotatable bonds is 6. The predicted molar refractivity (Wildman–Crippen MR) is 102 cm³/mol. The summed E-state index contributed by atoms with van der Waals surface area (Å²) < 4.78 is 0. The van der Waals surface area contributed by atoms with Gasteiger partial charge in [0.25, 0.3) is 0 Å². The highest BCUT2D eigenvalue weighted by atomic mass is 16.2. The number of hydrogen-bond donors (Lipinski definition) is 0. The molecule has 141 valence electrons. The minimum absolute atomic E-state index is 0.222. The number of piperazine rings is 1. The summed E-state index contributed by atoms with van der Waals surface area (Å²) in [7, 11) is 0. The number of hydrogen-bond acceptors (Lipinski definition) is 4. The molecule has 26 heavy (non-hydrogen) atoms. The topological polar surface area (TPSA) is 56.8 Å². The van der Waals surface area contributed by atoms with E-state index in [1.54, 1.807) is 12.4 Å². The molecule has 2 saturated heterocycles. The Labute approximate surface area is 156 Å². The third kappa shape index (κ3) is 5.19. The molecule has 2 aliphatic heterocycles. The highest BCUT2D eigenvalue weighted by molar-refractivity contribution is 5.77. The van der Waals surface area contributed by atoms with Crippen molar-refractivity contribution in [2.24, 2.45) is 0 Å². The van der Waals surface area contributed by atoms with Crippen molar-refractivity contribution in [1.29, 1.82) is 0 Å². The van der Waals surface area contributed by atoms with Gasteiger partial charge >= 0.3 is 0 Å². The number of pyridine rings is 1. The van der Waals surface area contributed by atoms with Crippen LogP contribution < -0.4 is 4.90 Å². The van der Waals surface area contributed by atoms with Crippen LogP contribution in [0.4, 0.5) is 5.69 Å². The van der Waals surface area contributed by atoms with Crippen molar-refractivity contribution in [1.82, 2.24) is 14.8 Å². The largest absolute Gasteiger partial charge is 0.368 e. The first-order chi connectivity index (χ1) is 12.7. The second kappa shape index (κ2) is 9.55. The van der Waals surface area contributed by atoms with Crippen molar-refractivity contribution < 1.29 is 9.59 Å². The van der Waals surface area contributed by atoms with Crippen molar-refractivity contribution in [2.45, 2.75) is 38.5 Å². The van der Waals surface area contributed by atoms with Gasteiger partial charge in [-0.05, 0) is 44.2 Å². The maximum Gasteiger partial charge on any atom is 0.222 e. The third-order valence-electron chi connectivity index (χ3n) is 5.25. The molecule has 0 atom stereocenters. The number of anilines is 1. The van der Waals surface area contributed by atoms with Gasteiger partial charge in [-0.25, -0.2) is 0 Å². The molecule has 2 amide bonds. The normalized spacial score (nSPS) is 18.1. The molecule has 1 aromatic rings. The summed E-state index contributed by atoms with van der Waals surface area (Å²) >= 11 is 0. The monoisotopic (exact) mass is 357 g/mol. The van der Waals surface area contributed by atoms with E-state index in [0.717, 1.165) is 65.0 Å². The van der Waals surface area contributed by atoms with Crippen LogP contribution in [0.15, 0.2) is 24.5 Å². The Bertz CT molecular complexity index is 579. The first-order valence-electron chi connectivity index (χ1n) is 9.76. The van der Waals surface area contributed by atoms with E-state index in [1.165, 1.54) is 5.69 Å². The highest BCUT2D eigenvalue weighted by Crippen LogP contribution is 2.16. The molecular formula is C20H29N4O2. The molecule has 3 heterocycles. The van der Waals surface area contributed by atoms with Crippen molar-refractivity contribution in [3.8, 4) is 0 Å². The lowest BCUT2D eigenvalue weighted by Crippen LogP contribution is -2.48. The first kappa shape index (κ1) is 18.7. The summed E-state index contributed by atoms with van der Waals surface area (Å²) in [4.78, 5) is 34.8.